The number of fused-ring (bicyclic) bond motifs is 3. The van der Waals surface area contributed by atoms with E-state index in [2.05, 4.69) is 18.2 Å². The largest absolute Gasteiger partial charge is 0.480 e. The van der Waals surface area contributed by atoms with Crippen LogP contribution < -0.4 is 5.73 Å². The smallest absolute Gasteiger partial charge is 0.323 e. The molecular formula is C19H19NO4. The zero-order valence-corrected chi connectivity index (χ0v) is 13.4. The number of carbonyl (C=O) groups excluding carboxylic acids is 1. The van der Waals surface area contributed by atoms with E-state index in [9.17, 15) is 9.59 Å². The summed E-state index contributed by atoms with van der Waals surface area (Å²) >= 11 is 0. The monoisotopic (exact) mass is 325 g/mol. The molecule has 2 aromatic rings. The van der Waals surface area contributed by atoms with E-state index in [-0.39, 0.29) is 13.0 Å². The molecule has 5 nitrogen and oxygen atoms in total. The fourth-order valence-corrected chi connectivity index (χ4v) is 2.94. The van der Waals surface area contributed by atoms with Gasteiger partial charge in [0, 0.05) is 0 Å². The first-order valence-electron chi connectivity index (χ1n) is 7.75. The van der Waals surface area contributed by atoms with E-state index in [0.717, 1.165) is 23.1 Å². The fraction of sp³-hybridized carbons (Fsp3) is 0.263. The highest BCUT2D eigenvalue weighted by Gasteiger charge is 2.32. The molecule has 0 aromatic heterocycles. The molecule has 0 unspecified atom stereocenters. The molecule has 0 saturated carbocycles. The average molecular weight is 325 g/mol. The average Bonchev–Trinajstić information content (AvgIpc) is 2.91. The zero-order valence-electron chi connectivity index (χ0n) is 13.4. The molecule has 0 aliphatic heterocycles. The minimum atomic E-state index is -1.62. The van der Waals surface area contributed by atoms with E-state index in [1.54, 1.807) is 0 Å². The Morgan fingerprint density at radius 1 is 1.17 bits per heavy atom. The van der Waals surface area contributed by atoms with Crippen LogP contribution in [-0.2, 0) is 27.4 Å². The van der Waals surface area contributed by atoms with Crippen LogP contribution >= 0.6 is 0 Å². The van der Waals surface area contributed by atoms with Crippen molar-refractivity contribution in [3.8, 4) is 11.1 Å². The van der Waals surface area contributed by atoms with Crippen molar-refractivity contribution in [2.45, 2.75) is 31.9 Å². The minimum absolute atomic E-state index is 0.117. The third kappa shape index (κ3) is 3.03. The predicted molar refractivity (Wildman–Crippen MR) is 89.3 cm³/mol. The second-order valence-electron chi connectivity index (χ2n) is 6.34. The van der Waals surface area contributed by atoms with Crippen molar-refractivity contribution >= 4 is 11.9 Å². The lowest BCUT2D eigenvalue weighted by Crippen LogP contribution is -2.46. The number of ether oxygens (including phenoxy) is 1. The van der Waals surface area contributed by atoms with Gasteiger partial charge in [-0.3, -0.25) is 9.59 Å². The van der Waals surface area contributed by atoms with Gasteiger partial charge < -0.3 is 15.6 Å². The summed E-state index contributed by atoms with van der Waals surface area (Å²) in [6, 6.07) is 14.1. The topological polar surface area (TPSA) is 89.6 Å². The van der Waals surface area contributed by atoms with Gasteiger partial charge in [0.2, 0.25) is 0 Å². The van der Waals surface area contributed by atoms with Crippen LogP contribution in [0.4, 0.5) is 0 Å². The molecule has 1 aliphatic carbocycles. The maximum atomic E-state index is 11.9. The van der Waals surface area contributed by atoms with Gasteiger partial charge in [0.15, 0.2) is 0 Å². The van der Waals surface area contributed by atoms with Crippen LogP contribution in [0.15, 0.2) is 42.5 Å². The summed E-state index contributed by atoms with van der Waals surface area (Å²) in [7, 11) is 0. The number of hydrogen-bond acceptors (Lipinski definition) is 4. The highest BCUT2D eigenvalue weighted by molar-refractivity contribution is 5.85. The van der Waals surface area contributed by atoms with Crippen LogP contribution in [0.25, 0.3) is 11.1 Å². The fourth-order valence-electron chi connectivity index (χ4n) is 2.94. The third-order valence-electron chi connectivity index (χ3n) is 4.34. The van der Waals surface area contributed by atoms with Crippen molar-refractivity contribution < 1.29 is 19.4 Å². The molecule has 0 bridgehead atoms. The molecule has 24 heavy (non-hydrogen) atoms. The van der Waals surface area contributed by atoms with Crippen LogP contribution in [0.5, 0.6) is 0 Å². The van der Waals surface area contributed by atoms with Crippen molar-refractivity contribution in [1.82, 2.24) is 0 Å². The molecular weight excluding hydrogens is 306 g/mol. The lowest BCUT2D eigenvalue weighted by molar-refractivity contribution is -0.153. The van der Waals surface area contributed by atoms with Gasteiger partial charge >= 0.3 is 11.9 Å². The van der Waals surface area contributed by atoms with Crippen molar-refractivity contribution in [2.24, 2.45) is 5.73 Å². The maximum Gasteiger partial charge on any atom is 0.323 e. The van der Waals surface area contributed by atoms with E-state index in [0.29, 0.717) is 0 Å². The van der Waals surface area contributed by atoms with E-state index in [4.69, 9.17) is 15.6 Å². The Morgan fingerprint density at radius 3 is 2.62 bits per heavy atom. The van der Waals surface area contributed by atoms with Crippen LogP contribution in [-0.4, -0.2) is 22.6 Å². The van der Waals surface area contributed by atoms with Gasteiger partial charge in [-0.1, -0.05) is 42.5 Å². The molecule has 5 heteroatoms. The first kappa shape index (κ1) is 16.2. The van der Waals surface area contributed by atoms with Gasteiger partial charge in [-0.25, -0.2) is 0 Å². The Morgan fingerprint density at radius 2 is 1.88 bits per heavy atom. The second-order valence-corrected chi connectivity index (χ2v) is 6.34. The molecule has 124 valence electrons. The lowest BCUT2D eigenvalue weighted by Gasteiger charge is -2.18. The van der Waals surface area contributed by atoms with Gasteiger partial charge in [0.05, 0.1) is 6.42 Å². The molecule has 3 N–H and O–H groups in total. The number of aliphatic carboxylic acids is 1. The normalized spacial score (nSPS) is 14.4. The van der Waals surface area contributed by atoms with Gasteiger partial charge in [0.1, 0.15) is 12.1 Å². The molecule has 0 fully saturated rings. The molecule has 2 aromatic carbocycles. The molecule has 0 saturated heterocycles. The maximum absolute atomic E-state index is 11.9. The van der Waals surface area contributed by atoms with Crippen molar-refractivity contribution in [2.75, 3.05) is 0 Å². The van der Waals surface area contributed by atoms with E-state index < -0.39 is 17.5 Å². The Labute approximate surface area is 140 Å². The first-order chi connectivity index (χ1) is 11.4. The van der Waals surface area contributed by atoms with Crippen molar-refractivity contribution in [3.63, 3.8) is 0 Å². The summed E-state index contributed by atoms with van der Waals surface area (Å²) in [6.07, 6.45) is 0.445. The van der Waals surface area contributed by atoms with Crippen LogP contribution in [0.3, 0.4) is 0 Å². The highest BCUT2D eigenvalue weighted by atomic mass is 16.5. The zero-order chi connectivity index (χ0) is 17.3. The van der Waals surface area contributed by atoms with Gasteiger partial charge in [-0.05, 0) is 41.2 Å². The summed E-state index contributed by atoms with van der Waals surface area (Å²) in [4.78, 5) is 22.9. The number of benzene rings is 2. The summed E-state index contributed by atoms with van der Waals surface area (Å²) < 4.78 is 5.26. The van der Waals surface area contributed by atoms with Crippen LogP contribution in [0, 0.1) is 0 Å². The molecule has 3 rings (SSSR count). The Kier molecular flexibility index (Phi) is 4.11. The molecule has 0 heterocycles. The highest BCUT2D eigenvalue weighted by Crippen LogP contribution is 2.38. The Balaban J connectivity index is 1.72. The summed E-state index contributed by atoms with van der Waals surface area (Å²) in [5.41, 5.74) is 9.67. The number of carboxylic acid groups (broad SMARTS) is 1. The quantitative estimate of drug-likeness (QED) is 0.704. The van der Waals surface area contributed by atoms with Crippen LogP contribution in [0.2, 0.25) is 0 Å². The lowest BCUT2D eigenvalue weighted by atomic mass is 10.00. The number of hydrogen-bond donors (Lipinski definition) is 2. The second kappa shape index (κ2) is 6.09. The van der Waals surface area contributed by atoms with Crippen LogP contribution in [0.1, 0.15) is 30.0 Å². The Hall–Kier alpha value is -2.66. The number of nitrogens with two attached hydrogens (primary N) is 1. The van der Waals surface area contributed by atoms with Gasteiger partial charge in [0.25, 0.3) is 0 Å². The SMILES string of the molecule is C[C@](N)(CC(=O)OCc1cccc2c1Cc1ccccc1-2)C(=O)O. The predicted octanol–water partition coefficient (Wildman–Crippen LogP) is 2.49. The third-order valence-corrected chi connectivity index (χ3v) is 4.34. The Bertz CT molecular complexity index is 811. The number of rotatable bonds is 5. The van der Waals surface area contributed by atoms with E-state index in [1.165, 1.54) is 18.1 Å². The molecule has 0 spiro atoms. The first-order valence-corrected chi connectivity index (χ1v) is 7.75. The minimum Gasteiger partial charge on any atom is -0.480 e. The van der Waals surface area contributed by atoms with E-state index >= 15 is 0 Å². The van der Waals surface area contributed by atoms with Crippen molar-refractivity contribution in [1.29, 1.82) is 0 Å². The summed E-state index contributed by atoms with van der Waals surface area (Å²) in [5.74, 6) is -1.84. The molecule has 0 amide bonds. The van der Waals surface area contributed by atoms with Gasteiger partial charge in [-0.2, -0.15) is 0 Å². The van der Waals surface area contributed by atoms with Gasteiger partial charge in [-0.15, -0.1) is 0 Å². The molecule has 1 aliphatic rings. The standard InChI is InChI=1S/C19H19NO4/c1-19(20,18(22)23)10-17(21)24-11-13-6-4-8-15-14-7-3-2-5-12(14)9-16(13)15/h2-8H,9-11,20H2,1H3,(H,22,23)/t19-/m0/s1. The van der Waals surface area contributed by atoms with E-state index in [1.807, 2.05) is 24.3 Å². The number of carboxylic acids is 1. The summed E-state index contributed by atoms with van der Waals surface area (Å²) in [5, 5.41) is 8.97. The number of esters is 1. The summed E-state index contributed by atoms with van der Waals surface area (Å²) in [6.45, 7) is 1.42. The van der Waals surface area contributed by atoms with Crippen molar-refractivity contribution in [3.05, 3.63) is 59.2 Å². The molecule has 1 atom stereocenters. The number of carbonyl (C=O) groups is 2. The molecule has 0 radical (unpaired) electrons.